The lowest BCUT2D eigenvalue weighted by Crippen LogP contribution is -2.39. The third-order valence-electron chi connectivity index (χ3n) is 8.59. The van der Waals surface area contributed by atoms with E-state index >= 15 is 0 Å². The molecule has 300 valence electrons. The molecule has 0 spiro atoms. The Morgan fingerprint density at radius 2 is 1.28 bits per heavy atom. The maximum atomic E-state index is 13.5. The average Bonchev–Trinajstić information content (AvgIpc) is 3.66. The molecule has 0 aliphatic carbocycles. The second-order valence-electron chi connectivity index (χ2n) is 12.8. The van der Waals surface area contributed by atoms with Crippen molar-refractivity contribution in [1.82, 2.24) is 9.80 Å². The van der Waals surface area contributed by atoms with Crippen LogP contribution in [0.25, 0.3) is 0 Å². The molecule has 1 fully saturated rings. The predicted molar refractivity (Wildman–Crippen MR) is 207 cm³/mol. The van der Waals surface area contributed by atoms with Crippen molar-refractivity contribution in [1.29, 1.82) is 0 Å². The Labute approximate surface area is 326 Å². The van der Waals surface area contributed by atoms with Gasteiger partial charge in [0.05, 0.1) is 113 Å². The third-order valence-corrected chi connectivity index (χ3v) is 11.0. The van der Waals surface area contributed by atoms with E-state index in [0.717, 1.165) is 37.1 Å². The number of rotatable bonds is 30. The topological polar surface area (TPSA) is 122 Å². The first kappa shape index (κ1) is 45.5. The number of benzene rings is 2. The van der Waals surface area contributed by atoms with E-state index in [2.05, 4.69) is 4.90 Å². The first-order chi connectivity index (χ1) is 25.7. The molecular weight excluding hydrogens is 747 g/mol. The van der Waals surface area contributed by atoms with Gasteiger partial charge in [-0.15, -0.1) is 0 Å². The highest BCUT2D eigenvalue weighted by Gasteiger charge is 2.26. The summed E-state index contributed by atoms with van der Waals surface area (Å²) in [6.07, 6.45) is 2.82. The minimum absolute atomic E-state index is 0.0165. The molecule has 1 aliphatic heterocycles. The zero-order chi connectivity index (χ0) is 38.2. The molecule has 0 bridgehead atoms. The second-order valence-corrected chi connectivity index (χ2v) is 15.8. The zero-order valence-corrected chi connectivity index (χ0v) is 33.6. The molecule has 53 heavy (non-hydrogen) atoms. The van der Waals surface area contributed by atoms with Gasteiger partial charge in [-0.1, -0.05) is 53.5 Å². The normalized spacial score (nSPS) is 14.2. The number of halogens is 2. The van der Waals surface area contributed by atoms with Crippen molar-refractivity contribution >= 4 is 38.9 Å². The number of likely N-dealkylation sites (N-methyl/N-ethyl adjacent to an activating group) is 1. The van der Waals surface area contributed by atoms with E-state index in [-0.39, 0.29) is 29.9 Å². The Morgan fingerprint density at radius 3 is 1.83 bits per heavy atom. The van der Waals surface area contributed by atoms with E-state index in [1.165, 1.54) is 0 Å². The number of nitrogens with zero attached hydrogens (tertiary/aromatic N) is 2. The average molecular weight is 806 g/mol. The van der Waals surface area contributed by atoms with Crippen molar-refractivity contribution < 1.29 is 46.4 Å². The lowest BCUT2D eigenvalue weighted by atomic mass is 10.0. The standard InChI is InChI=1S/C38H58Cl2N2O10S/c1-41(38(43)29-32-9-10-35(39)36(40)28-32)37(30-42-11-3-4-12-42)34-8-5-7-33(27-34)31-53(44,45)26-6-13-47-16-17-49-20-21-51-24-25-52-23-22-50-19-18-48-15-14-46-2/h5,7-10,27-28,37H,3-4,6,11-26,29-31H2,1-2H3/t37-/m1/s1. The lowest BCUT2D eigenvalue weighted by molar-refractivity contribution is -0.131. The van der Waals surface area contributed by atoms with Crippen LogP contribution in [-0.4, -0.2) is 150 Å². The monoisotopic (exact) mass is 804 g/mol. The summed E-state index contributed by atoms with van der Waals surface area (Å²) in [5.41, 5.74) is 2.39. The van der Waals surface area contributed by atoms with Crippen LogP contribution in [0.3, 0.4) is 0 Å². The summed E-state index contributed by atoms with van der Waals surface area (Å²) in [6, 6.07) is 12.6. The number of hydrogen-bond donors (Lipinski definition) is 0. The zero-order valence-electron chi connectivity index (χ0n) is 31.3. The number of hydrogen-bond acceptors (Lipinski definition) is 11. The summed E-state index contributed by atoms with van der Waals surface area (Å²) in [7, 11) is 0.0683. The van der Waals surface area contributed by atoms with Crippen molar-refractivity contribution in [2.24, 2.45) is 0 Å². The van der Waals surface area contributed by atoms with Crippen LogP contribution in [0.4, 0.5) is 0 Å². The molecule has 0 unspecified atom stereocenters. The molecule has 0 aromatic heterocycles. The van der Waals surface area contributed by atoms with Gasteiger partial charge in [0, 0.05) is 27.3 Å². The molecule has 0 N–H and O–H groups in total. The summed E-state index contributed by atoms with van der Waals surface area (Å²) in [5, 5.41) is 0.854. The molecule has 0 radical (unpaired) electrons. The largest absolute Gasteiger partial charge is 0.382 e. The first-order valence-electron chi connectivity index (χ1n) is 18.3. The van der Waals surface area contributed by atoms with E-state index < -0.39 is 9.84 Å². The highest BCUT2D eigenvalue weighted by Crippen LogP contribution is 2.27. The SMILES string of the molecule is COCCOCCOCCOCCOCCOCCOCCCS(=O)(=O)Cc1cccc([C@@H](CN2CCCC2)N(C)C(=O)Cc2ccc(Cl)c(Cl)c2)c1. The van der Waals surface area contributed by atoms with Crippen LogP contribution in [-0.2, 0) is 60.0 Å². The summed E-state index contributed by atoms with van der Waals surface area (Å²) in [4.78, 5) is 17.6. The fourth-order valence-electron chi connectivity index (χ4n) is 5.73. The highest BCUT2D eigenvalue weighted by atomic mass is 35.5. The Balaban J connectivity index is 1.30. The number of likely N-dealkylation sites (tertiary alicyclic amines) is 1. The van der Waals surface area contributed by atoms with E-state index in [1.54, 1.807) is 30.2 Å². The minimum atomic E-state index is -3.38. The molecule has 12 nitrogen and oxygen atoms in total. The van der Waals surface area contributed by atoms with Gasteiger partial charge in [0.25, 0.3) is 0 Å². The fraction of sp³-hybridized carbons (Fsp3) is 0.658. The first-order valence-corrected chi connectivity index (χ1v) is 20.9. The number of methoxy groups -OCH3 is 1. The maximum Gasteiger partial charge on any atom is 0.227 e. The summed E-state index contributed by atoms with van der Waals surface area (Å²) in [5.74, 6) is -0.117. The molecule has 1 atom stereocenters. The fourth-order valence-corrected chi connectivity index (χ4v) is 7.44. The molecule has 0 saturated carbocycles. The van der Waals surface area contributed by atoms with Gasteiger partial charge in [0.1, 0.15) is 0 Å². The van der Waals surface area contributed by atoms with E-state index in [0.29, 0.717) is 114 Å². The third kappa shape index (κ3) is 19.5. The minimum Gasteiger partial charge on any atom is -0.382 e. The van der Waals surface area contributed by atoms with Crippen LogP contribution < -0.4 is 0 Å². The molecule has 3 rings (SSSR count). The summed E-state index contributed by atoms with van der Waals surface area (Å²) < 4.78 is 63.8. The van der Waals surface area contributed by atoms with Gasteiger partial charge in [-0.25, -0.2) is 8.42 Å². The van der Waals surface area contributed by atoms with Crippen molar-refractivity contribution in [3.05, 3.63) is 69.2 Å². The van der Waals surface area contributed by atoms with Crippen molar-refractivity contribution in [3.63, 3.8) is 0 Å². The summed E-state index contributed by atoms with van der Waals surface area (Å²) in [6.45, 7) is 8.73. The van der Waals surface area contributed by atoms with Gasteiger partial charge < -0.3 is 43.0 Å². The molecule has 1 heterocycles. The Kier molecular flexibility index (Phi) is 23.0. The lowest BCUT2D eigenvalue weighted by Gasteiger charge is -2.32. The van der Waals surface area contributed by atoms with Crippen LogP contribution >= 0.6 is 23.2 Å². The second kappa shape index (κ2) is 26.8. The number of carbonyl (C=O) groups excluding carboxylic acids is 1. The van der Waals surface area contributed by atoms with E-state index in [9.17, 15) is 13.2 Å². The Hall–Kier alpha value is -1.88. The number of amides is 1. The maximum absolute atomic E-state index is 13.5. The number of carbonyl (C=O) groups is 1. The quantitative estimate of drug-likeness (QED) is 0.101. The van der Waals surface area contributed by atoms with Gasteiger partial charge in [-0.05, 0) is 61.2 Å². The molecule has 1 saturated heterocycles. The summed E-state index contributed by atoms with van der Waals surface area (Å²) >= 11 is 12.3. The molecular formula is C38H58Cl2N2O10S. The van der Waals surface area contributed by atoms with Crippen molar-refractivity contribution in [3.8, 4) is 0 Å². The van der Waals surface area contributed by atoms with Gasteiger partial charge in [0.2, 0.25) is 5.91 Å². The van der Waals surface area contributed by atoms with Crippen LogP contribution in [0.2, 0.25) is 10.0 Å². The van der Waals surface area contributed by atoms with Crippen LogP contribution in [0.1, 0.15) is 42.0 Å². The predicted octanol–water partition coefficient (Wildman–Crippen LogP) is 4.88. The smallest absolute Gasteiger partial charge is 0.227 e. The van der Waals surface area contributed by atoms with Crippen LogP contribution in [0, 0.1) is 0 Å². The van der Waals surface area contributed by atoms with Crippen LogP contribution in [0.15, 0.2) is 42.5 Å². The molecule has 1 amide bonds. The Bertz CT molecular complexity index is 1420. The van der Waals surface area contributed by atoms with E-state index in [4.69, 9.17) is 56.4 Å². The molecule has 15 heteroatoms. The van der Waals surface area contributed by atoms with Crippen LogP contribution in [0.5, 0.6) is 0 Å². The van der Waals surface area contributed by atoms with Gasteiger partial charge in [-0.3, -0.25) is 4.79 Å². The van der Waals surface area contributed by atoms with Crippen molar-refractivity contribution in [2.75, 3.05) is 125 Å². The van der Waals surface area contributed by atoms with Gasteiger partial charge in [0.15, 0.2) is 9.84 Å². The number of ether oxygens (including phenoxy) is 7. The molecule has 1 aliphatic rings. The molecule has 2 aromatic rings. The van der Waals surface area contributed by atoms with Gasteiger partial charge >= 0.3 is 0 Å². The molecule has 2 aromatic carbocycles. The van der Waals surface area contributed by atoms with E-state index in [1.807, 2.05) is 31.3 Å². The number of sulfone groups is 1. The highest BCUT2D eigenvalue weighted by molar-refractivity contribution is 7.90. The van der Waals surface area contributed by atoms with Gasteiger partial charge in [-0.2, -0.15) is 0 Å². The Morgan fingerprint density at radius 1 is 0.736 bits per heavy atom. The van der Waals surface area contributed by atoms with Crippen molar-refractivity contribution in [2.45, 2.75) is 37.5 Å².